The Morgan fingerprint density at radius 1 is 1.26 bits per heavy atom. The van der Waals surface area contributed by atoms with E-state index in [0.717, 1.165) is 6.42 Å². The maximum absolute atomic E-state index is 13.3. The lowest BCUT2D eigenvalue weighted by Gasteiger charge is -2.32. The first kappa shape index (κ1) is 16.0. The molecule has 9 heteroatoms. The fraction of sp³-hybridized carbons (Fsp3) is 0.643. The number of rotatable bonds is 2. The molecule has 3 rings (SSSR count). The van der Waals surface area contributed by atoms with E-state index in [1.165, 1.54) is 4.90 Å². The molecule has 1 aliphatic heterocycles. The summed E-state index contributed by atoms with van der Waals surface area (Å²) < 4.78 is 39.9. The van der Waals surface area contributed by atoms with Gasteiger partial charge >= 0.3 is 12.1 Å². The van der Waals surface area contributed by atoms with Crippen LogP contribution in [0.4, 0.5) is 19.1 Å². The van der Waals surface area contributed by atoms with Gasteiger partial charge in [-0.1, -0.05) is 0 Å². The molecule has 0 aromatic carbocycles. The van der Waals surface area contributed by atoms with E-state index in [1.54, 1.807) is 0 Å². The van der Waals surface area contributed by atoms with Gasteiger partial charge in [-0.05, 0) is 25.7 Å². The van der Waals surface area contributed by atoms with Crippen molar-refractivity contribution in [2.75, 3.05) is 24.5 Å². The van der Waals surface area contributed by atoms with Crippen molar-refractivity contribution in [2.24, 2.45) is 0 Å². The number of piperazine rings is 1. The van der Waals surface area contributed by atoms with Crippen molar-refractivity contribution in [1.29, 1.82) is 0 Å². The maximum Gasteiger partial charge on any atom is 0.433 e. The fourth-order valence-corrected chi connectivity index (χ4v) is 3.05. The summed E-state index contributed by atoms with van der Waals surface area (Å²) in [6.45, 7) is 0.782. The zero-order chi connectivity index (χ0) is 16.6. The molecule has 0 saturated carbocycles. The number of nitrogens with zero attached hydrogens (tertiary/aromatic N) is 3. The number of aliphatic carboxylic acids is 1. The van der Waals surface area contributed by atoms with Crippen molar-refractivity contribution in [1.82, 2.24) is 15.3 Å². The van der Waals surface area contributed by atoms with E-state index in [-0.39, 0.29) is 18.1 Å². The van der Waals surface area contributed by atoms with Crippen LogP contribution in [0.25, 0.3) is 0 Å². The molecule has 126 valence electrons. The number of fused-ring (bicyclic) bond motifs is 1. The average molecular weight is 330 g/mol. The Balaban J connectivity index is 1.98. The lowest BCUT2D eigenvalue weighted by molar-refractivity contribution is -0.142. The van der Waals surface area contributed by atoms with Crippen LogP contribution in [-0.4, -0.2) is 46.7 Å². The molecule has 0 radical (unpaired) electrons. The normalized spacial score (nSPS) is 21.9. The minimum Gasteiger partial charge on any atom is -0.480 e. The van der Waals surface area contributed by atoms with Gasteiger partial charge in [-0.2, -0.15) is 13.2 Å². The SMILES string of the molecule is O=C(O)C1CN(c2nc3c(c(C(F)(F)F)n2)CCCC3)CCN1. The average Bonchev–Trinajstić information content (AvgIpc) is 2.53. The Hall–Kier alpha value is -1.90. The highest BCUT2D eigenvalue weighted by molar-refractivity contribution is 5.74. The quantitative estimate of drug-likeness (QED) is 0.849. The summed E-state index contributed by atoms with van der Waals surface area (Å²) in [5, 5.41) is 11.9. The van der Waals surface area contributed by atoms with E-state index in [9.17, 15) is 18.0 Å². The standard InChI is InChI=1S/C14H17F3N4O2/c15-14(16,17)11-8-3-1-2-4-9(8)19-13(20-11)21-6-5-18-10(7-21)12(22)23/h10,18H,1-7H2,(H,22,23). The van der Waals surface area contributed by atoms with E-state index in [1.807, 2.05) is 0 Å². The van der Waals surface area contributed by atoms with Crippen molar-refractivity contribution in [3.05, 3.63) is 17.0 Å². The summed E-state index contributed by atoms with van der Waals surface area (Å²) in [6.07, 6.45) is -2.18. The van der Waals surface area contributed by atoms with Gasteiger partial charge in [-0.3, -0.25) is 4.79 Å². The lowest BCUT2D eigenvalue weighted by Crippen LogP contribution is -2.54. The topological polar surface area (TPSA) is 78.3 Å². The number of alkyl halides is 3. The molecule has 1 aliphatic carbocycles. The number of carboxylic acid groups (broad SMARTS) is 1. The van der Waals surface area contributed by atoms with E-state index in [4.69, 9.17) is 5.11 Å². The molecular weight excluding hydrogens is 313 g/mol. The van der Waals surface area contributed by atoms with Crippen LogP contribution in [0.2, 0.25) is 0 Å². The second kappa shape index (κ2) is 5.95. The summed E-state index contributed by atoms with van der Waals surface area (Å²) in [5.74, 6) is -1.06. The van der Waals surface area contributed by atoms with Crippen LogP contribution >= 0.6 is 0 Å². The van der Waals surface area contributed by atoms with Gasteiger partial charge < -0.3 is 15.3 Å². The van der Waals surface area contributed by atoms with E-state index >= 15 is 0 Å². The van der Waals surface area contributed by atoms with Crippen molar-refractivity contribution in [2.45, 2.75) is 37.9 Å². The number of aryl methyl sites for hydroxylation is 1. The summed E-state index contributed by atoms with van der Waals surface area (Å²) in [4.78, 5) is 20.6. The number of hydrogen-bond donors (Lipinski definition) is 2. The first-order valence-electron chi connectivity index (χ1n) is 7.54. The Labute approximate surface area is 130 Å². The molecular formula is C14H17F3N4O2. The first-order chi connectivity index (χ1) is 10.9. The summed E-state index contributed by atoms with van der Waals surface area (Å²) >= 11 is 0. The Morgan fingerprint density at radius 2 is 2.00 bits per heavy atom. The molecule has 2 heterocycles. The highest BCUT2D eigenvalue weighted by Crippen LogP contribution is 2.35. The third-order valence-corrected chi connectivity index (χ3v) is 4.20. The Morgan fingerprint density at radius 3 is 2.70 bits per heavy atom. The minimum absolute atomic E-state index is 0.0225. The van der Waals surface area contributed by atoms with Crippen LogP contribution in [0.1, 0.15) is 29.8 Å². The summed E-state index contributed by atoms with van der Waals surface area (Å²) in [5.41, 5.74) is -0.237. The number of anilines is 1. The minimum atomic E-state index is -4.53. The van der Waals surface area contributed by atoms with Gasteiger partial charge in [0.1, 0.15) is 6.04 Å². The number of nitrogens with one attached hydrogen (secondary N) is 1. The number of hydrogen-bond acceptors (Lipinski definition) is 5. The second-order valence-corrected chi connectivity index (χ2v) is 5.79. The van der Waals surface area contributed by atoms with Crippen LogP contribution in [0.5, 0.6) is 0 Å². The van der Waals surface area contributed by atoms with Crippen LogP contribution in [-0.2, 0) is 23.8 Å². The van der Waals surface area contributed by atoms with Gasteiger partial charge in [-0.15, -0.1) is 0 Å². The smallest absolute Gasteiger partial charge is 0.433 e. The highest BCUT2D eigenvalue weighted by atomic mass is 19.4. The molecule has 0 spiro atoms. The molecule has 6 nitrogen and oxygen atoms in total. The third-order valence-electron chi connectivity index (χ3n) is 4.20. The van der Waals surface area contributed by atoms with Crippen molar-refractivity contribution in [3.8, 4) is 0 Å². The maximum atomic E-state index is 13.3. The predicted octanol–water partition coefficient (Wildman–Crippen LogP) is 1.24. The van der Waals surface area contributed by atoms with Gasteiger partial charge in [0.25, 0.3) is 0 Å². The molecule has 1 aromatic heterocycles. The van der Waals surface area contributed by atoms with Crippen LogP contribution in [0.3, 0.4) is 0 Å². The van der Waals surface area contributed by atoms with Crippen molar-refractivity contribution in [3.63, 3.8) is 0 Å². The van der Waals surface area contributed by atoms with Gasteiger partial charge in [0.2, 0.25) is 5.95 Å². The fourth-order valence-electron chi connectivity index (χ4n) is 3.05. The lowest BCUT2D eigenvalue weighted by atomic mass is 9.94. The largest absolute Gasteiger partial charge is 0.480 e. The molecule has 1 fully saturated rings. The van der Waals surface area contributed by atoms with Crippen molar-refractivity contribution >= 4 is 11.9 Å². The van der Waals surface area contributed by atoms with E-state index in [0.29, 0.717) is 38.0 Å². The first-order valence-corrected chi connectivity index (χ1v) is 7.54. The molecule has 0 amide bonds. The van der Waals surface area contributed by atoms with Crippen molar-refractivity contribution < 1.29 is 23.1 Å². The number of carboxylic acids is 1. The van der Waals surface area contributed by atoms with E-state index < -0.39 is 23.9 Å². The van der Waals surface area contributed by atoms with Crippen LogP contribution in [0.15, 0.2) is 0 Å². The number of carbonyl (C=O) groups is 1. The van der Waals surface area contributed by atoms with Gasteiger partial charge in [-0.25, -0.2) is 9.97 Å². The summed E-state index contributed by atoms with van der Waals surface area (Å²) in [7, 11) is 0. The third kappa shape index (κ3) is 3.24. The van der Waals surface area contributed by atoms with Crippen LogP contribution < -0.4 is 10.2 Å². The monoisotopic (exact) mass is 330 g/mol. The summed E-state index contributed by atoms with van der Waals surface area (Å²) in [6, 6.07) is -0.835. The molecule has 1 saturated heterocycles. The molecule has 0 bridgehead atoms. The van der Waals surface area contributed by atoms with E-state index in [2.05, 4.69) is 15.3 Å². The van der Waals surface area contributed by atoms with Gasteiger partial charge in [0, 0.05) is 30.9 Å². The number of halogens is 3. The molecule has 1 aromatic rings. The predicted molar refractivity (Wildman–Crippen MR) is 75.3 cm³/mol. The number of aromatic nitrogens is 2. The zero-order valence-corrected chi connectivity index (χ0v) is 12.4. The zero-order valence-electron chi connectivity index (χ0n) is 12.4. The van der Waals surface area contributed by atoms with Gasteiger partial charge in [0.05, 0.1) is 0 Å². The molecule has 23 heavy (non-hydrogen) atoms. The van der Waals surface area contributed by atoms with Crippen LogP contribution in [0, 0.1) is 0 Å². The molecule has 2 aliphatic rings. The van der Waals surface area contributed by atoms with Gasteiger partial charge in [0.15, 0.2) is 5.69 Å². The second-order valence-electron chi connectivity index (χ2n) is 5.79. The Kier molecular flexibility index (Phi) is 4.13. The molecule has 1 atom stereocenters. The molecule has 2 N–H and O–H groups in total. The Bertz CT molecular complexity index is 621. The highest BCUT2D eigenvalue weighted by Gasteiger charge is 2.39. The molecule has 1 unspecified atom stereocenters.